The Kier molecular flexibility index (Phi) is 7.15. The molecular weight excluding hydrogens is 651 g/mol. The van der Waals surface area contributed by atoms with Crippen molar-refractivity contribution >= 4 is 45.9 Å². The number of nitrogens with zero attached hydrogens (tertiary/aromatic N) is 1. The Morgan fingerprint density at radius 3 is 1.23 bits per heavy atom. The van der Waals surface area contributed by atoms with Crippen molar-refractivity contribution < 1.29 is 9.47 Å². The lowest BCUT2D eigenvalue weighted by atomic mass is 9.97. The van der Waals surface area contributed by atoms with Gasteiger partial charge < -0.3 is 14.4 Å². The van der Waals surface area contributed by atoms with Gasteiger partial charge in [-0.15, -0.1) is 0 Å². The van der Waals surface area contributed by atoms with Crippen LogP contribution in [0.3, 0.4) is 0 Å². The highest BCUT2D eigenvalue weighted by molar-refractivity contribution is 7.21. The third kappa shape index (κ3) is 4.80. The molecule has 4 heteroatoms. The SMILES string of the molecule is c1ccc(-c2cc(-c3ccccc3)cc(N(c3ccccc3)c3ccc4c(c3)Oc3ccccc3[Si]43c4ccccc4Oc4ccccc43)c2)cc1. The van der Waals surface area contributed by atoms with Crippen molar-refractivity contribution in [3.8, 4) is 45.3 Å². The van der Waals surface area contributed by atoms with Gasteiger partial charge >= 0.3 is 0 Å². The summed E-state index contributed by atoms with van der Waals surface area (Å²) in [6.07, 6.45) is 0. The maximum absolute atomic E-state index is 6.95. The zero-order chi connectivity index (χ0) is 34.5. The molecule has 3 nitrogen and oxygen atoms in total. The van der Waals surface area contributed by atoms with E-state index in [1.54, 1.807) is 0 Å². The van der Waals surface area contributed by atoms with Crippen molar-refractivity contribution in [1.29, 1.82) is 0 Å². The lowest BCUT2D eigenvalue weighted by molar-refractivity contribution is 0.482. The van der Waals surface area contributed by atoms with Crippen molar-refractivity contribution in [2.24, 2.45) is 0 Å². The van der Waals surface area contributed by atoms with Crippen LogP contribution in [0.15, 0.2) is 200 Å². The number of anilines is 3. The molecule has 8 aromatic carbocycles. The predicted octanol–water partition coefficient (Wildman–Crippen LogP) is 10.1. The van der Waals surface area contributed by atoms with E-state index in [9.17, 15) is 0 Å². The van der Waals surface area contributed by atoms with E-state index in [1.807, 2.05) is 0 Å². The van der Waals surface area contributed by atoms with Gasteiger partial charge in [0.05, 0.1) is 0 Å². The Morgan fingerprint density at radius 1 is 0.288 bits per heavy atom. The minimum atomic E-state index is -2.84. The van der Waals surface area contributed by atoms with Crippen molar-refractivity contribution in [1.82, 2.24) is 0 Å². The van der Waals surface area contributed by atoms with Crippen LogP contribution in [0.25, 0.3) is 22.3 Å². The maximum atomic E-state index is 6.95. The van der Waals surface area contributed by atoms with E-state index in [0.29, 0.717) is 0 Å². The second-order valence-electron chi connectivity index (χ2n) is 13.3. The smallest absolute Gasteiger partial charge is 0.196 e. The zero-order valence-corrected chi connectivity index (χ0v) is 29.3. The van der Waals surface area contributed by atoms with Gasteiger partial charge in [-0.2, -0.15) is 0 Å². The fourth-order valence-corrected chi connectivity index (χ4v) is 13.2. The van der Waals surface area contributed by atoms with Gasteiger partial charge in [-0.3, -0.25) is 0 Å². The van der Waals surface area contributed by atoms with Gasteiger partial charge in [-0.25, -0.2) is 0 Å². The number of para-hydroxylation sites is 4. The van der Waals surface area contributed by atoms with Crippen molar-refractivity contribution in [2.75, 3.05) is 4.90 Å². The fourth-order valence-electron chi connectivity index (χ4n) is 8.11. The molecule has 2 aliphatic heterocycles. The second kappa shape index (κ2) is 12.3. The van der Waals surface area contributed by atoms with Gasteiger partial charge in [0.15, 0.2) is 8.07 Å². The summed E-state index contributed by atoms with van der Waals surface area (Å²) in [6, 6.07) is 71.3. The number of rotatable bonds is 5. The van der Waals surface area contributed by atoms with E-state index in [-0.39, 0.29) is 0 Å². The molecule has 0 radical (unpaired) electrons. The van der Waals surface area contributed by atoms with E-state index in [0.717, 1.165) is 51.2 Å². The van der Waals surface area contributed by atoms with Gasteiger partial charge in [0.1, 0.15) is 23.0 Å². The summed E-state index contributed by atoms with van der Waals surface area (Å²) >= 11 is 0. The second-order valence-corrected chi connectivity index (χ2v) is 16.9. The topological polar surface area (TPSA) is 21.7 Å². The third-order valence-corrected chi connectivity index (χ3v) is 15.2. The summed E-state index contributed by atoms with van der Waals surface area (Å²) in [5, 5.41) is 4.93. The molecule has 0 bridgehead atoms. The molecule has 246 valence electrons. The molecule has 2 heterocycles. The molecule has 0 atom stereocenters. The average molecular weight is 684 g/mol. The van der Waals surface area contributed by atoms with Gasteiger partial charge in [-0.05, 0) is 97.6 Å². The van der Waals surface area contributed by atoms with E-state index in [2.05, 4.69) is 205 Å². The van der Waals surface area contributed by atoms with Crippen LogP contribution in [-0.4, -0.2) is 8.07 Å². The minimum Gasteiger partial charge on any atom is -0.458 e. The lowest BCUT2D eigenvalue weighted by Crippen LogP contribution is -2.77. The van der Waals surface area contributed by atoms with Crippen LogP contribution in [0, 0.1) is 0 Å². The molecule has 0 saturated heterocycles. The average Bonchev–Trinajstić information content (AvgIpc) is 3.22. The molecular formula is C48H33NO2Si. The zero-order valence-electron chi connectivity index (χ0n) is 28.3. The number of ether oxygens (including phenoxy) is 2. The van der Waals surface area contributed by atoms with Crippen LogP contribution in [0.1, 0.15) is 0 Å². The lowest BCUT2D eigenvalue weighted by Gasteiger charge is -2.43. The van der Waals surface area contributed by atoms with Crippen LogP contribution in [-0.2, 0) is 0 Å². The number of benzene rings is 8. The molecule has 0 aliphatic carbocycles. The molecule has 10 rings (SSSR count). The summed E-state index contributed by atoms with van der Waals surface area (Å²) in [5.41, 5.74) is 7.80. The van der Waals surface area contributed by atoms with Crippen LogP contribution in [0.2, 0.25) is 0 Å². The van der Waals surface area contributed by atoms with Crippen molar-refractivity contribution in [2.45, 2.75) is 0 Å². The van der Waals surface area contributed by atoms with Crippen LogP contribution in [0.4, 0.5) is 17.1 Å². The largest absolute Gasteiger partial charge is 0.458 e. The normalized spacial score (nSPS) is 13.1. The van der Waals surface area contributed by atoms with Crippen LogP contribution >= 0.6 is 0 Å². The number of hydrogen-bond acceptors (Lipinski definition) is 3. The summed E-state index contributed by atoms with van der Waals surface area (Å²) in [4.78, 5) is 2.35. The Hall–Kier alpha value is -6.62. The van der Waals surface area contributed by atoms with Gasteiger partial charge in [-0.1, -0.05) is 140 Å². The maximum Gasteiger partial charge on any atom is 0.196 e. The highest BCUT2D eigenvalue weighted by Crippen LogP contribution is 2.42. The number of fused-ring (bicyclic) bond motifs is 8. The first kappa shape index (κ1) is 30.2. The van der Waals surface area contributed by atoms with Gasteiger partial charge in [0, 0.05) is 23.1 Å². The van der Waals surface area contributed by atoms with E-state index >= 15 is 0 Å². The summed E-state index contributed by atoms with van der Waals surface area (Å²) < 4.78 is 13.5. The first-order valence-electron chi connectivity index (χ1n) is 17.7. The Labute approximate surface area is 304 Å². The molecule has 0 amide bonds. The van der Waals surface area contributed by atoms with E-state index < -0.39 is 8.07 Å². The summed E-state index contributed by atoms with van der Waals surface area (Å²) in [6.45, 7) is 0. The molecule has 1 spiro atoms. The predicted molar refractivity (Wildman–Crippen MR) is 216 cm³/mol. The molecule has 0 N–H and O–H groups in total. The first-order valence-corrected chi connectivity index (χ1v) is 19.7. The molecule has 0 fully saturated rings. The monoisotopic (exact) mass is 683 g/mol. The Bertz CT molecular complexity index is 2470. The van der Waals surface area contributed by atoms with Gasteiger partial charge in [0.25, 0.3) is 0 Å². The quantitative estimate of drug-likeness (QED) is 0.169. The van der Waals surface area contributed by atoms with E-state index in [1.165, 1.54) is 31.9 Å². The third-order valence-electron chi connectivity index (χ3n) is 10.3. The number of hydrogen-bond donors (Lipinski definition) is 0. The molecule has 52 heavy (non-hydrogen) atoms. The molecule has 8 aromatic rings. The van der Waals surface area contributed by atoms with Crippen LogP contribution < -0.4 is 35.1 Å². The summed E-state index contributed by atoms with van der Waals surface area (Å²) in [7, 11) is -2.84. The summed E-state index contributed by atoms with van der Waals surface area (Å²) in [5.74, 6) is 3.60. The minimum absolute atomic E-state index is 0.873. The van der Waals surface area contributed by atoms with Crippen molar-refractivity contribution in [3.05, 3.63) is 200 Å². The van der Waals surface area contributed by atoms with E-state index in [4.69, 9.17) is 9.47 Å². The first-order chi connectivity index (χ1) is 25.8. The Balaban J connectivity index is 1.22. The molecule has 2 aliphatic rings. The molecule has 0 saturated carbocycles. The highest BCUT2D eigenvalue weighted by Gasteiger charge is 2.52. The molecule has 0 unspecified atom stereocenters. The molecule has 0 aromatic heterocycles. The highest BCUT2D eigenvalue weighted by atomic mass is 28.3. The standard InChI is InChI=1S/C48H33NO2Si/c1-4-16-34(17-5-1)36-30-37(35-18-6-2-7-19-35)32-40(31-36)49(38-20-8-3-9-21-38)39-28-29-48-44(33-39)51-43-24-12-15-27-47(43)52(48)45-25-13-10-22-41(45)50-42-23-11-14-26-46(42)52/h1-33H. The van der Waals surface area contributed by atoms with Crippen LogP contribution in [0.5, 0.6) is 23.0 Å². The Morgan fingerprint density at radius 2 is 0.712 bits per heavy atom. The fraction of sp³-hybridized carbons (Fsp3) is 0. The van der Waals surface area contributed by atoms with Gasteiger partial charge in [0.2, 0.25) is 0 Å². The van der Waals surface area contributed by atoms with Crippen molar-refractivity contribution in [3.63, 3.8) is 0 Å².